The third-order valence-corrected chi connectivity index (χ3v) is 11.4. The van der Waals surface area contributed by atoms with E-state index >= 15 is 0 Å². The van der Waals surface area contributed by atoms with Crippen LogP contribution in [-0.4, -0.2) is 11.4 Å². The third-order valence-electron chi connectivity index (χ3n) is 11.4. The van der Waals surface area contributed by atoms with Crippen LogP contribution in [-0.2, 0) is 12.0 Å². The van der Waals surface area contributed by atoms with Gasteiger partial charge < -0.3 is 4.90 Å². The van der Waals surface area contributed by atoms with Crippen LogP contribution in [0.4, 0.5) is 0 Å². The summed E-state index contributed by atoms with van der Waals surface area (Å²) in [6.45, 7) is 1.10. The number of rotatable bonds is 6. The van der Waals surface area contributed by atoms with Crippen molar-refractivity contribution < 1.29 is 0 Å². The minimum absolute atomic E-state index is 0.0994. The average Bonchev–Trinajstić information content (AvgIpc) is 3.53. The number of allylic oxidation sites excluding steroid dienone is 10. The fourth-order valence-corrected chi connectivity index (χ4v) is 9.10. The Morgan fingerprint density at radius 3 is 2.26 bits per heavy atom. The first-order valence-electron chi connectivity index (χ1n) is 17.6. The van der Waals surface area contributed by atoms with Gasteiger partial charge in [0.2, 0.25) is 0 Å². The summed E-state index contributed by atoms with van der Waals surface area (Å²) in [5.74, 6) is 0.958. The first-order valence-corrected chi connectivity index (χ1v) is 17.6. The number of hydrogen-bond acceptors (Lipinski definition) is 1. The molecule has 4 aromatic carbocycles. The Hall–Kier alpha value is -4.88. The highest BCUT2D eigenvalue weighted by Gasteiger charge is 2.49. The van der Waals surface area contributed by atoms with E-state index in [1.807, 2.05) is 0 Å². The van der Waals surface area contributed by atoms with Crippen LogP contribution in [0.2, 0.25) is 0 Å². The standard InChI is InChI=1S/C46H41N/c1-4-13-33(14-5-1)36-17-10-21-39(31-36)46(38-19-8-3-9-20-38)29-30-47(46)40-27-25-35(26-28-40)41-22-12-24-43-44(41)32-37-18-11-23-42(45(37)43)34-15-6-2-7-16-34/h1-2,4-8,10-25,27,31,43-44H,3,9,26,28-30,32H2. The van der Waals surface area contributed by atoms with Gasteiger partial charge in [-0.05, 0) is 112 Å². The van der Waals surface area contributed by atoms with Crippen LogP contribution in [0.1, 0.15) is 54.7 Å². The number of likely N-dealkylation sites (tertiary alicyclic amines) is 1. The lowest BCUT2D eigenvalue weighted by Crippen LogP contribution is -2.57. The highest BCUT2D eigenvalue weighted by molar-refractivity contribution is 5.72. The van der Waals surface area contributed by atoms with E-state index in [0.29, 0.717) is 11.8 Å². The van der Waals surface area contributed by atoms with Crippen LogP contribution in [0.5, 0.6) is 0 Å². The maximum absolute atomic E-state index is 2.74. The number of fused-ring (bicyclic) bond motifs is 3. The number of hydrogen-bond donors (Lipinski definition) is 0. The van der Waals surface area contributed by atoms with Crippen molar-refractivity contribution in [2.75, 3.05) is 6.54 Å². The largest absolute Gasteiger partial charge is 0.361 e. The molecule has 3 unspecified atom stereocenters. The summed E-state index contributed by atoms with van der Waals surface area (Å²) in [7, 11) is 0. The van der Waals surface area contributed by atoms with E-state index in [0.717, 1.165) is 45.1 Å². The van der Waals surface area contributed by atoms with Crippen LogP contribution in [0.15, 0.2) is 174 Å². The molecule has 47 heavy (non-hydrogen) atoms. The molecular weight excluding hydrogens is 567 g/mol. The molecule has 0 N–H and O–H groups in total. The van der Waals surface area contributed by atoms with E-state index < -0.39 is 0 Å². The van der Waals surface area contributed by atoms with Gasteiger partial charge in [-0.2, -0.15) is 0 Å². The Balaban J connectivity index is 1.03. The normalized spacial score (nSPS) is 24.4. The zero-order valence-electron chi connectivity index (χ0n) is 27.0. The first kappa shape index (κ1) is 28.4. The second-order valence-electron chi connectivity index (χ2n) is 13.8. The van der Waals surface area contributed by atoms with Crippen molar-refractivity contribution in [3.63, 3.8) is 0 Å². The van der Waals surface area contributed by atoms with E-state index in [2.05, 4.69) is 157 Å². The molecule has 0 saturated carbocycles. The summed E-state index contributed by atoms with van der Waals surface area (Å²) >= 11 is 0. The smallest absolute Gasteiger partial charge is 0.0917 e. The zero-order valence-corrected chi connectivity index (χ0v) is 27.0. The lowest BCUT2D eigenvalue weighted by Gasteiger charge is -2.57. The number of nitrogens with zero attached hydrogens (tertiary/aromatic N) is 1. The van der Waals surface area contributed by atoms with Crippen LogP contribution in [0.3, 0.4) is 0 Å². The molecule has 1 saturated heterocycles. The van der Waals surface area contributed by atoms with Crippen molar-refractivity contribution in [2.45, 2.75) is 50.0 Å². The van der Waals surface area contributed by atoms with Gasteiger partial charge in [0.15, 0.2) is 0 Å². The maximum Gasteiger partial charge on any atom is 0.0917 e. The number of benzene rings is 4. The lowest BCUT2D eigenvalue weighted by atomic mass is 9.69. The van der Waals surface area contributed by atoms with Gasteiger partial charge in [0, 0.05) is 18.2 Å². The van der Waals surface area contributed by atoms with Crippen LogP contribution in [0.25, 0.3) is 22.3 Å². The molecule has 4 aromatic rings. The Kier molecular flexibility index (Phi) is 7.08. The molecule has 1 heteroatoms. The van der Waals surface area contributed by atoms with Crippen LogP contribution in [0, 0.1) is 5.92 Å². The summed E-state index contributed by atoms with van der Waals surface area (Å²) < 4.78 is 0. The second kappa shape index (κ2) is 11.7. The molecule has 1 aliphatic heterocycles. The fourth-order valence-electron chi connectivity index (χ4n) is 9.10. The van der Waals surface area contributed by atoms with Crippen LogP contribution < -0.4 is 0 Å². The van der Waals surface area contributed by atoms with Gasteiger partial charge in [-0.25, -0.2) is 0 Å². The summed E-state index contributed by atoms with van der Waals surface area (Å²) in [6, 6.07) is 38.1. The third kappa shape index (κ3) is 4.75. The molecular formula is C46H41N. The molecule has 9 rings (SSSR count). The average molecular weight is 608 g/mol. The fraction of sp³-hybridized carbons (Fsp3) is 0.217. The molecule has 4 aliphatic carbocycles. The van der Waals surface area contributed by atoms with Gasteiger partial charge in [-0.15, -0.1) is 0 Å². The van der Waals surface area contributed by atoms with Gasteiger partial charge >= 0.3 is 0 Å². The van der Waals surface area contributed by atoms with Gasteiger partial charge in [0.05, 0.1) is 5.54 Å². The highest BCUT2D eigenvalue weighted by Crippen LogP contribution is 2.53. The molecule has 0 radical (unpaired) electrons. The quantitative estimate of drug-likeness (QED) is 0.211. The molecule has 5 aliphatic rings. The Morgan fingerprint density at radius 1 is 0.702 bits per heavy atom. The van der Waals surface area contributed by atoms with Crippen molar-refractivity contribution in [1.29, 1.82) is 0 Å². The Labute approximate surface area is 279 Å². The van der Waals surface area contributed by atoms with E-state index in [-0.39, 0.29) is 5.54 Å². The molecule has 0 amide bonds. The van der Waals surface area contributed by atoms with Gasteiger partial charge in [-0.3, -0.25) is 0 Å². The van der Waals surface area contributed by atoms with E-state index in [4.69, 9.17) is 0 Å². The van der Waals surface area contributed by atoms with E-state index in [1.165, 1.54) is 55.8 Å². The molecule has 1 fully saturated rings. The lowest BCUT2D eigenvalue weighted by molar-refractivity contribution is 0.0480. The molecule has 0 bridgehead atoms. The van der Waals surface area contributed by atoms with Crippen molar-refractivity contribution in [3.05, 3.63) is 191 Å². The van der Waals surface area contributed by atoms with Gasteiger partial charge in [0.25, 0.3) is 0 Å². The van der Waals surface area contributed by atoms with Crippen molar-refractivity contribution >= 4 is 0 Å². The van der Waals surface area contributed by atoms with E-state index in [9.17, 15) is 0 Å². The summed E-state index contributed by atoms with van der Waals surface area (Å²) in [5, 5.41) is 0. The minimum atomic E-state index is -0.0994. The maximum atomic E-state index is 2.74. The van der Waals surface area contributed by atoms with E-state index in [1.54, 1.807) is 5.57 Å². The first-order chi connectivity index (χ1) is 23.3. The SMILES string of the molecule is C1=CC2c3c(cccc3-c3ccccc3)CC2C(C2=CC=C(N3CCC3(C3=CCCC=C3)c3cccc(-c4ccccc4)c3)CC2)=C1. The predicted molar refractivity (Wildman–Crippen MR) is 196 cm³/mol. The molecule has 3 atom stereocenters. The molecule has 1 nitrogen and oxygen atoms in total. The Bertz CT molecular complexity index is 2020. The summed E-state index contributed by atoms with van der Waals surface area (Å²) in [6.07, 6.45) is 26.2. The topological polar surface area (TPSA) is 3.24 Å². The van der Waals surface area contributed by atoms with Gasteiger partial charge in [-0.1, -0.05) is 140 Å². The van der Waals surface area contributed by atoms with Crippen molar-refractivity contribution in [1.82, 2.24) is 4.90 Å². The highest BCUT2D eigenvalue weighted by atomic mass is 15.3. The second-order valence-corrected chi connectivity index (χ2v) is 13.8. The summed E-state index contributed by atoms with van der Waals surface area (Å²) in [5.41, 5.74) is 15.7. The molecule has 1 heterocycles. The zero-order chi connectivity index (χ0) is 31.2. The van der Waals surface area contributed by atoms with Crippen molar-refractivity contribution in [2.24, 2.45) is 5.92 Å². The molecule has 230 valence electrons. The molecule has 0 aromatic heterocycles. The molecule has 0 spiro atoms. The van der Waals surface area contributed by atoms with Crippen LogP contribution >= 0.6 is 0 Å². The minimum Gasteiger partial charge on any atom is -0.361 e. The van der Waals surface area contributed by atoms with Gasteiger partial charge in [0.1, 0.15) is 0 Å². The summed E-state index contributed by atoms with van der Waals surface area (Å²) in [4.78, 5) is 2.74. The van der Waals surface area contributed by atoms with Crippen molar-refractivity contribution in [3.8, 4) is 22.3 Å². The monoisotopic (exact) mass is 607 g/mol. The predicted octanol–water partition coefficient (Wildman–Crippen LogP) is 11.3. The Morgan fingerprint density at radius 2 is 1.51 bits per heavy atom.